The van der Waals surface area contributed by atoms with E-state index in [4.69, 9.17) is 26.3 Å². The fourth-order valence-corrected chi connectivity index (χ4v) is 4.39. The summed E-state index contributed by atoms with van der Waals surface area (Å²) in [5.74, 6) is 0.891. The van der Waals surface area contributed by atoms with E-state index < -0.39 is 0 Å². The summed E-state index contributed by atoms with van der Waals surface area (Å²) in [6, 6.07) is 14.7. The Hall–Kier alpha value is -2.52. The second-order valence-electron chi connectivity index (χ2n) is 8.98. The molecular weight excluding hydrogens is 446 g/mol. The lowest BCUT2D eigenvalue weighted by molar-refractivity contribution is 0.0552. The van der Waals surface area contributed by atoms with Crippen molar-refractivity contribution in [2.45, 2.75) is 45.6 Å². The lowest BCUT2D eigenvalue weighted by atomic mass is 10.0. The highest BCUT2D eigenvalue weighted by atomic mass is 35.5. The maximum Gasteiger partial charge on any atom is 0.119 e. The first kappa shape index (κ1) is 26.1. The zero-order chi connectivity index (χ0) is 24.3. The van der Waals surface area contributed by atoms with Crippen LogP contribution in [0.1, 0.15) is 37.8 Å². The van der Waals surface area contributed by atoms with Crippen molar-refractivity contribution in [2.24, 2.45) is 0 Å². The number of nitrogens with zero attached hydrogens (tertiary/aromatic N) is 3. The molecule has 0 aromatic heterocycles. The van der Waals surface area contributed by atoms with E-state index >= 15 is 0 Å². The molecule has 0 atom stereocenters. The van der Waals surface area contributed by atoms with E-state index in [1.807, 2.05) is 32.1 Å². The second kappa shape index (κ2) is 13.4. The molecule has 1 aliphatic rings. The number of benzene rings is 2. The van der Waals surface area contributed by atoms with Gasteiger partial charge in [-0.1, -0.05) is 23.7 Å². The number of hydrogen-bond acceptors (Lipinski definition) is 5. The van der Waals surface area contributed by atoms with Crippen molar-refractivity contribution in [1.82, 2.24) is 4.90 Å². The Kier molecular flexibility index (Phi) is 10.3. The average Bonchev–Trinajstić information content (AvgIpc) is 2.96. The molecule has 0 unspecified atom stereocenters. The van der Waals surface area contributed by atoms with Crippen molar-refractivity contribution in [1.29, 1.82) is 5.26 Å². The summed E-state index contributed by atoms with van der Waals surface area (Å²) in [6.45, 7) is 7.91. The van der Waals surface area contributed by atoms with E-state index in [0.717, 1.165) is 56.1 Å². The number of rotatable bonds is 12. The summed E-state index contributed by atoms with van der Waals surface area (Å²) in [5, 5.41) is 9.41. The number of nitriles is 1. The van der Waals surface area contributed by atoms with Crippen LogP contribution in [0.5, 0.6) is 5.75 Å². The van der Waals surface area contributed by atoms with Gasteiger partial charge in [0.2, 0.25) is 0 Å². The highest BCUT2D eigenvalue weighted by molar-refractivity contribution is 6.30. The Morgan fingerprint density at radius 1 is 1.09 bits per heavy atom. The van der Waals surface area contributed by atoms with Gasteiger partial charge in [0.25, 0.3) is 0 Å². The maximum absolute atomic E-state index is 8.65. The number of unbranched alkanes of at least 4 members (excludes halogenated alkanes) is 1. The Bertz CT molecular complexity index is 1000. The fourth-order valence-electron chi connectivity index (χ4n) is 4.23. The molecule has 2 aromatic carbocycles. The van der Waals surface area contributed by atoms with Crippen LogP contribution in [-0.4, -0.2) is 50.9 Å². The zero-order valence-electron chi connectivity index (χ0n) is 20.6. The normalized spacial score (nSPS) is 13.1. The predicted octanol–water partition coefficient (Wildman–Crippen LogP) is 6.17. The molecule has 0 amide bonds. The molecular formula is C28H36ClN3O2. The van der Waals surface area contributed by atoms with Crippen LogP contribution in [0.3, 0.4) is 0 Å². The molecule has 0 radical (unpaired) electrons. The van der Waals surface area contributed by atoms with Gasteiger partial charge in [-0.2, -0.15) is 5.26 Å². The standard InChI is InChI=1S/C28H36ClN3O2/c1-22(2)33-18-19-34-26-12-13-27-24(20-26)9-8-23-10-11-25(29)21-28(23)32(27)17-7-6-16-31(3)15-5-4-14-30/h4-5,10-13,20-22H,6-9,15-19H2,1-3H3/b5-4+. The van der Waals surface area contributed by atoms with Crippen LogP contribution in [-0.2, 0) is 17.6 Å². The second-order valence-corrected chi connectivity index (χ2v) is 9.42. The zero-order valence-corrected chi connectivity index (χ0v) is 21.4. The van der Waals surface area contributed by atoms with Gasteiger partial charge in [0.1, 0.15) is 12.4 Å². The van der Waals surface area contributed by atoms with Gasteiger partial charge in [0.05, 0.1) is 18.8 Å². The predicted molar refractivity (Wildman–Crippen MR) is 140 cm³/mol. The summed E-state index contributed by atoms with van der Waals surface area (Å²) >= 11 is 6.41. The fraction of sp³-hybridized carbons (Fsp3) is 0.464. The number of allylic oxidation sites excluding steroid dienone is 1. The summed E-state index contributed by atoms with van der Waals surface area (Å²) in [7, 11) is 2.09. The third-order valence-corrected chi connectivity index (χ3v) is 6.16. The van der Waals surface area contributed by atoms with E-state index in [9.17, 15) is 0 Å². The number of hydrogen-bond donors (Lipinski definition) is 0. The van der Waals surface area contributed by atoms with Crippen molar-refractivity contribution in [3.8, 4) is 11.8 Å². The number of likely N-dealkylation sites (N-methyl/N-ethyl adjacent to an activating group) is 1. The van der Waals surface area contributed by atoms with Gasteiger partial charge in [0.15, 0.2) is 0 Å². The third kappa shape index (κ3) is 7.77. The molecule has 3 rings (SSSR count). The van der Waals surface area contributed by atoms with Crippen LogP contribution < -0.4 is 9.64 Å². The van der Waals surface area contributed by atoms with Gasteiger partial charge >= 0.3 is 0 Å². The highest BCUT2D eigenvalue weighted by Gasteiger charge is 2.21. The Morgan fingerprint density at radius 3 is 2.71 bits per heavy atom. The van der Waals surface area contributed by atoms with Crippen LogP contribution in [0.25, 0.3) is 0 Å². The van der Waals surface area contributed by atoms with Gasteiger partial charge in [-0.25, -0.2) is 0 Å². The minimum absolute atomic E-state index is 0.211. The van der Waals surface area contributed by atoms with E-state index in [-0.39, 0.29) is 6.10 Å². The van der Waals surface area contributed by atoms with Gasteiger partial charge in [-0.05, 0) is 94.6 Å². The van der Waals surface area contributed by atoms with E-state index in [1.54, 1.807) is 6.08 Å². The third-order valence-electron chi connectivity index (χ3n) is 5.93. The van der Waals surface area contributed by atoms with Gasteiger partial charge in [0, 0.05) is 35.6 Å². The van der Waals surface area contributed by atoms with Crippen LogP contribution in [0.15, 0.2) is 48.6 Å². The smallest absolute Gasteiger partial charge is 0.119 e. The van der Waals surface area contributed by atoms with Crippen molar-refractivity contribution >= 4 is 23.0 Å². The SMILES string of the molecule is CC(C)OCCOc1ccc2c(c1)CCc1ccc(Cl)cc1N2CCCCN(C)C/C=C/C#N. The molecule has 0 spiro atoms. The van der Waals surface area contributed by atoms with Crippen molar-refractivity contribution in [3.05, 3.63) is 64.7 Å². The van der Waals surface area contributed by atoms with Gasteiger partial charge in [-0.3, -0.25) is 0 Å². The first-order valence-electron chi connectivity index (χ1n) is 12.1. The van der Waals surface area contributed by atoms with Crippen molar-refractivity contribution in [3.63, 3.8) is 0 Å². The minimum atomic E-state index is 0.211. The molecule has 34 heavy (non-hydrogen) atoms. The number of anilines is 2. The molecule has 6 heteroatoms. The summed E-state index contributed by atoms with van der Waals surface area (Å²) in [5.41, 5.74) is 5.06. The largest absolute Gasteiger partial charge is 0.491 e. The van der Waals surface area contributed by atoms with E-state index in [2.05, 4.69) is 47.2 Å². The molecule has 1 aliphatic heterocycles. The molecule has 0 bridgehead atoms. The lowest BCUT2D eigenvalue weighted by Crippen LogP contribution is -2.23. The topological polar surface area (TPSA) is 48.7 Å². The molecule has 0 saturated heterocycles. The highest BCUT2D eigenvalue weighted by Crippen LogP contribution is 2.39. The quantitative estimate of drug-likeness (QED) is 0.268. The molecule has 0 N–H and O–H groups in total. The summed E-state index contributed by atoms with van der Waals surface area (Å²) in [6.07, 6.45) is 7.73. The molecule has 0 saturated carbocycles. The Morgan fingerprint density at radius 2 is 1.91 bits per heavy atom. The molecule has 2 aromatic rings. The number of ether oxygens (including phenoxy) is 2. The maximum atomic E-state index is 8.65. The number of fused-ring (bicyclic) bond motifs is 2. The Labute approximate surface area is 209 Å². The summed E-state index contributed by atoms with van der Waals surface area (Å²) in [4.78, 5) is 4.66. The Balaban J connectivity index is 1.70. The molecule has 1 heterocycles. The first-order chi connectivity index (χ1) is 16.5. The number of aryl methyl sites for hydroxylation is 2. The average molecular weight is 482 g/mol. The van der Waals surface area contributed by atoms with Gasteiger partial charge in [-0.15, -0.1) is 0 Å². The number of halogens is 1. The molecule has 182 valence electrons. The molecule has 0 aliphatic carbocycles. The molecule has 0 fully saturated rings. The summed E-state index contributed by atoms with van der Waals surface area (Å²) < 4.78 is 11.6. The lowest BCUT2D eigenvalue weighted by Gasteiger charge is -2.28. The minimum Gasteiger partial charge on any atom is -0.491 e. The van der Waals surface area contributed by atoms with Crippen LogP contribution >= 0.6 is 11.6 Å². The van der Waals surface area contributed by atoms with E-state index in [0.29, 0.717) is 13.2 Å². The first-order valence-corrected chi connectivity index (χ1v) is 12.5. The monoisotopic (exact) mass is 481 g/mol. The van der Waals surface area contributed by atoms with Gasteiger partial charge < -0.3 is 19.3 Å². The van der Waals surface area contributed by atoms with Crippen LogP contribution in [0, 0.1) is 11.3 Å². The van der Waals surface area contributed by atoms with Crippen molar-refractivity contribution < 1.29 is 9.47 Å². The van der Waals surface area contributed by atoms with Crippen LogP contribution in [0.4, 0.5) is 11.4 Å². The van der Waals surface area contributed by atoms with Crippen molar-refractivity contribution in [2.75, 3.05) is 44.8 Å². The molecule has 5 nitrogen and oxygen atoms in total. The van der Waals surface area contributed by atoms with Crippen LogP contribution in [0.2, 0.25) is 5.02 Å². The van der Waals surface area contributed by atoms with E-state index in [1.165, 1.54) is 22.5 Å².